The lowest BCUT2D eigenvalue weighted by Crippen LogP contribution is -2.35. The molecule has 3 rings (SSSR count). The van der Waals surface area contributed by atoms with Crippen LogP contribution < -0.4 is 5.32 Å². The molecule has 0 saturated heterocycles. The Hall–Kier alpha value is -1.33. The molecule has 1 aliphatic heterocycles. The topological polar surface area (TPSA) is 66.4 Å². The number of aromatic hydroxyl groups is 1. The fourth-order valence-corrected chi connectivity index (χ4v) is 3.88. The molecule has 0 radical (unpaired) electrons. The molecule has 0 spiro atoms. The number of phenols is 1. The molecule has 1 aromatic rings. The molecule has 0 aromatic heterocycles. The van der Waals surface area contributed by atoms with E-state index < -0.39 is 9.84 Å². The summed E-state index contributed by atoms with van der Waals surface area (Å²) < 4.78 is 23.9. The zero-order valence-electron chi connectivity index (χ0n) is 9.89. The first kappa shape index (κ1) is 11.7. The average molecular weight is 265 g/mol. The fourth-order valence-electron chi connectivity index (χ4n) is 2.39. The lowest BCUT2D eigenvalue weighted by Gasteiger charge is -2.26. The van der Waals surface area contributed by atoms with Gasteiger partial charge in [0, 0.05) is 23.6 Å². The maximum absolute atomic E-state index is 11.9. The van der Waals surface area contributed by atoms with Gasteiger partial charge in [-0.2, -0.15) is 0 Å². The smallest absolute Gasteiger partial charge is 0.200 e. The van der Waals surface area contributed by atoms with Crippen LogP contribution in [0.3, 0.4) is 0 Å². The van der Waals surface area contributed by atoms with Crippen molar-refractivity contribution < 1.29 is 13.5 Å². The van der Waals surface area contributed by atoms with Crippen LogP contribution in [0.2, 0.25) is 0 Å². The molecule has 1 aromatic carbocycles. The van der Waals surface area contributed by atoms with E-state index >= 15 is 0 Å². The van der Waals surface area contributed by atoms with Crippen molar-refractivity contribution in [2.24, 2.45) is 0 Å². The van der Waals surface area contributed by atoms with E-state index in [1.165, 1.54) is 24.0 Å². The van der Waals surface area contributed by atoms with E-state index in [1.807, 2.05) is 0 Å². The quantitative estimate of drug-likeness (QED) is 0.872. The van der Waals surface area contributed by atoms with Gasteiger partial charge in [0.2, 0.25) is 9.84 Å². The predicted molar refractivity (Wildman–Crippen MR) is 68.9 cm³/mol. The summed E-state index contributed by atoms with van der Waals surface area (Å²) in [6, 6.07) is 5.11. The van der Waals surface area contributed by atoms with Crippen LogP contribution in [0, 0.1) is 0 Å². The van der Waals surface area contributed by atoms with Crippen LogP contribution in [0.15, 0.2) is 28.5 Å². The first-order valence-corrected chi connectivity index (χ1v) is 7.64. The van der Waals surface area contributed by atoms with Gasteiger partial charge in [0.25, 0.3) is 0 Å². The summed E-state index contributed by atoms with van der Waals surface area (Å²) in [7, 11) is -3.38. The first-order chi connectivity index (χ1) is 8.58. The monoisotopic (exact) mass is 265 g/mol. The molecule has 4 nitrogen and oxygen atoms in total. The zero-order chi connectivity index (χ0) is 12.8. The Kier molecular flexibility index (Phi) is 2.68. The first-order valence-electron chi connectivity index (χ1n) is 6.09. The summed E-state index contributed by atoms with van der Waals surface area (Å²) in [5, 5.41) is 14.4. The zero-order valence-corrected chi connectivity index (χ0v) is 10.7. The Bertz CT molecular complexity index is 615. The maximum Gasteiger partial charge on any atom is 0.200 e. The largest absolute Gasteiger partial charge is 0.507 e. The molecule has 0 atom stereocenters. The number of sulfone groups is 1. The molecule has 1 fully saturated rings. The van der Waals surface area contributed by atoms with Gasteiger partial charge in [-0.3, -0.25) is 0 Å². The third-order valence-corrected chi connectivity index (χ3v) is 5.16. The molecular formula is C13H15NO3S. The highest BCUT2D eigenvalue weighted by Crippen LogP contribution is 2.38. The summed E-state index contributed by atoms with van der Waals surface area (Å²) in [6.07, 6.45) is 3.53. The van der Waals surface area contributed by atoms with E-state index in [-0.39, 0.29) is 10.6 Å². The van der Waals surface area contributed by atoms with Gasteiger partial charge < -0.3 is 10.4 Å². The molecule has 18 heavy (non-hydrogen) atoms. The number of phenolic OH excluding ortho intramolecular Hbond substituents is 1. The lowest BCUT2D eigenvalue weighted by molar-refractivity contribution is 0.353. The number of hydrogen-bond donors (Lipinski definition) is 2. The molecule has 1 heterocycles. The molecular weight excluding hydrogens is 250 g/mol. The van der Waals surface area contributed by atoms with Gasteiger partial charge in [-0.25, -0.2) is 8.42 Å². The highest BCUT2D eigenvalue weighted by atomic mass is 32.2. The van der Waals surface area contributed by atoms with E-state index in [0.29, 0.717) is 23.7 Å². The standard InChI is InChI=1S/C13H15NO3S/c15-11-5-2-6-12-13(11)9(8-18(12,16)17)7-14-10-3-1-4-10/h2,5-6,8,10,14-15H,1,3-4,7H2. The minimum atomic E-state index is -3.38. The normalized spacial score (nSPS) is 21.2. The lowest BCUT2D eigenvalue weighted by atomic mass is 9.93. The molecule has 1 aliphatic carbocycles. The Morgan fingerprint density at radius 1 is 1.33 bits per heavy atom. The van der Waals surface area contributed by atoms with Crippen molar-refractivity contribution in [1.29, 1.82) is 0 Å². The number of benzene rings is 1. The third kappa shape index (κ3) is 1.83. The van der Waals surface area contributed by atoms with Crippen molar-refractivity contribution in [3.05, 3.63) is 29.2 Å². The molecule has 1 saturated carbocycles. The van der Waals surface area contributed by atoms with Gasteiger partial charge in [0.1, 0.15) is 5.75 Å². The second-order valence-electron chi connectivity index (χ2n) is 4.85. The van der Waals surface area contributed by atoms with Crippen LogP contribution in [-0.2, 0) is 9.84 Å². The molecule has 0 amide bonds. The molecule has 5 heteroatoms. The summed E-state index contributed by atoms with van der Waals surface area (Å²) in [5.74, 6) is 0.0373. The highest BCUT2D eigenvalue weighted by molar-refractivity contribution is 7.95. The van der Waals surface area contributed by atoms with Crippen molar-refractivity contribution in [3.63, 3.8) is 0 Å². The van der Waals surface area contributed by atoms with Gasteiger partial charge in [0.15, 0.2) is 0 Å². The Labute approximate surface area is 106 Å². The molecule has 96 valence electrons. The van der Waals surface area contributed by atoms with E-state index in [1.54, 1.807) is 6.07 Å². The van der Waals surface area contributed by atoms with Crippen molar-refractivity contribution in [1.82, 2.24) is 5.32 Å². The summed E-state index contributed by atoms with van der Waals surface area (Å²) in [6.45, 7) is 0.495. The van der Waals surface area contributed by atoms with Gasteiger partial charge in [-0.1, -0.05) is 12.5 Å². The molecule has 2 aliphatic rings. The van der Waals surface area contributed by atoms with E-state index in [4.69, 9.17) is 0 Å². The molecule has 0 bridgehead atoms. The number of nitrogens with one attached hydrogen (secondary N) is 1. The minimum absolute atomic E-state index is 0.0373. The van der Waals surface area contributed by atoms with Crippen LogP contribution in [0.1, 0.15) is 24.8 Å². The minimum Gasteiger partial charge on any atom is -0.507 e. The average Bonchev–Trinajstić information content (AvgIpc) is 2.50. The molecule has 0 unspecified atom stereocenters. The third-order valence-electron chi connectivity index (χ3n) is 3.62. The van der Waals surface area contributed by atoms with Gasteiger partial charge in [0.05, 0.1) is 4.90 Å². The van der Waals surface area contributed by atoms with Crippen LogP contribution >= 0.6 is 0 Å². The van der Waals surface area contributed by atoms with Crippen molar-refractivity contribution >= 4 is 15.4 Å². The van der Waals surface area contributed by atoms with E-state index in [0.717, 1.165) is 12.8 Å². The number of hydrogen-bond acceptors (Lipinski definition) is 4. The SMILES string of the molecule is O=S1(=O)C=C(CNC2CCC2)c2c(O)cccc21. The Balaban J connectivity index is 1.92. The highest BCUT2D eigenvalue weighted by Gasteiger charge is 2.29. The van der Waals surface area contributed by atoms with Crippen molar-refractivity contribution in [3.8, 4) is 5.75 Å². The number of fused-ring (bicyclic) bond motifs is 1. The summed E-state index contributed by atoms with van der Waals surface area (Å²) in [5.41, 5.74) is 1.12. The van der Waals surface area contributed by atoms with Crippen LogP contribution in [0.5, 0.6) is 5.75 Å². The predicted octanol–water partition coefficient (Wildman–Crippen LogP) is 1.66. The van der Waals surface area contributed by atoms with Gasteiger partial charge >= 0.3 is 0 Å². The Morgan fingerprint density at radius 2 is 2.11 bits per heavy atom. The van der Waals surface area contributed by atoms with E-state index in [2.05, 4.69) is 5.32 Å². The van der Waals surface area contributed by atoms with E-state index in [9.17, 15) is 13.5 Å². The maximum atomic E-state index is 11.9. The Morgan fingerprint density at radius 3 is 2.78 bits per heavy atom. The molecule has 2 N–H and O–H groups in total. The van der Waals surface area contributed by atoms with Crippen molar-refractivity contribution in [2.75, 3.05) is 6.54 Å². The summed E-state index contributed by atoms with van der Waals surface area (Å²) >= 11 is 0. The van der Waals surface area contributed by atoms with Crippen LogP contribution in [0.25, 0.3) is 5.57 Å². The van der Waals surface area contributed by atoms with Crippen molar-refractivity contribution in [2.45, 2.75) is 30.2 Å². The van der Waals surface area contributed by atoms with Crippen LogP contribution in [-0.4, -0.2) is 26.1 Å². The van der Waals surface area contributed by atoms with Crippen LogP contribution in [0.4, 0.5) is 0 Å². The number of rotatable bonds is 3. The summed E-state index contributed by atoms with van der Waals surface area (Å²) in [4.78, 5) is 0.216. The second kappa shape index (κ2) is 4.10. The van der Waals surface area contributed by atoms with Gasteiger partial charge in [-0.05, 0) is 30.5 Å². The second-order valence-corrected chi connectivity index (χ2v) is 6.61. The fraction of sp³-hybridized carbons (Fsp3) is 0.385. The van der Waals surface area contributed by atoms with Gasteiger partial charge in [-0.15, -0.1) is 0 Å².